The summed E-state index contributed by atoms with van der Waals surface area (Å²) in [5.74, 6) is 0.707. The van der Waals surface area contributed by atoms with Crippen LogP contribution in [0.1, 0.15) is 51.8 Å². The molecular weight excluding hydrogens is 268 g/mol. The third-order valence-corrected chi connectivity index (χ3v) is 3.46. The number of furan rings is 1. The molecule has 21 heavy (non-hydrogen) atoms. The first-order chi connectivity index (χ1) is 9.79. The van der Waals surface area contributed by atoms with Gasteiger partial charge >= 0.3 is 5.97 Å². The highest BCUT2D eigenvalue weighted by Gasteiger charge is 2.19. The van der Waals surface area contributed by atoms with E-state index in [4.69, 9.17) is 4.42 Å². The zero-order valence-electron chi connectivity index (χ0n) is 12.9. The molecule has 0 amide bonds. The first kappa shape index (κ1) is 15.1. The fraction of sp³-hybridized carbons (Fsp3) is 0.375. The SMILES string of the molecule is Cc1cc(NC(C)c2cc(C)oc2C)c(C(=O)O)c(C)n1. The van der Waals surface area contributed by atoms with E-state index < -0.39 is 5.97 Å². The minimum absolute atomic E-state index is 0.0539. The average Bonchev–Trinajstić information content (AvgIpc) is 2.66. The summed E-state index contributed by atoms with van der Waals surface area (Å²) < 4.78 is 5.53. The van der Waals surface area contributed by atoms with Crippen LogP contribution in [0.15, 0.2) is 16.5 Å². The molecule has 0 aliphatic rings. The molecule has 0 radical (unpaired) electrons. The molecule has 2 rings (SSSR count). The number of rotatable bonds is 4. The molecule has 0 bridgehead atoms. The largest absolute Gasteiger partial charge is 0.478 e. The van der Waals surface area contributed by atoms with Crippen molar-refractivity contribution in [3.8, 4) is 0 Å². The van der Waals surface area contributed by atoms with Gasteiger partial charge in [0.05, 0.1) is 17.4 Å². The molecule has 2 aromatic heterocycles. The average molecular weight is 288 g/mol. The lowest BCUT2D eigenvalue weighted by atomic mass is 10.1. The van der Waals surface area contributed by atoms with E-state index in [1.807, 2.05) is 33.8 Å². The van der Waals surface area contributed by atoms with Crippen molar-refractivity contribution in [2.45, 2.75) is 40.7 Å². The van der Waals surface area contributed by atoms with Crippen molar-refractivity contribution in [2.24, 2.45) is 0 Å². The molecule has 0 saturated heterocycles. The molecule has 2 heterocycles. The van der Waals surface area contributed by atoms with Crippen LogP contribution in [-0.2, 0) is 0 Å². The number of carboxylic acid groups (broad SMARTS) is 1. The van der Waals surface area contributed by atoms with Gasteiger partial charge in [0.15, 0.2) is 0 Å². The second-order valence-corrected chi connectivity index (χ2v) is 5.31. The molecule has 0 aliphatic heterocycles. The Hall–Kier alpha value is -2.30. The lowest BCUT2D eigenvalue weighted by Gasteiger charge is -2.18. The van der Waals surface area contributed by atoms with Crippen LogP contribution >= 0.6 is 0 Å². The maximum absolute atomic E-state index is 11.4. The van der Waals surface area contributed by atoms with E-state index in [9.17, 15) is 9.90 Å². The van der Waals surface area contributed by atoms with Crippen molar-refractivity contribution in [3.05, 3.63) is 46.2 Å². The number of hydrogen-bond acceptors (Lipinski definition) is 4. The van der Waals surface area contributed by atoms with Crippen LogP contribution < -0.4 is 5.32 Å². The minimum Gasteiger partial charge on any atom is -0.478 e. The first-order valence-corrected chi connectivity index (χ1v) is 6.84. The molecule has 5 nitrogen and oxygen atoms in total. The summed E-state index contributed by atoms with van der Waals surface area (Å²) in [6, 6.07) is 3.67. The number of carboxylic acids is 1. The predicted molar refractivity (Wildman–Crippen MR) is 80.9 cm³/mol. The molecule has 1 atom stereocenters. The molecule has 5 heteroatoms. The van der Waals surface area contributed by atoms with E-state index in [1.54, 1.807) is 13.0 Å². The van der Waals surface area contributed by atoms with Gasteiger partial charge in [0.1, 0.15) is 17.1 Å². The monoisotopic (exact) mass is 288 g/mol. The van der Waals surface area contributed by atoms with E-state index in [0.29, 0.717) is 11.4 Å². The smallest absolute Gasteiger partial charge is 0.339 e. The van der Waals surface area contributed by atoms with Crippen LogP contribution in [0.5, 0.6) is 0 Å². The number of aromatic nitrogens is 1. The van der Waals surface area contributed by atoms with Crippen LogP contribution in [0.25, 0.3) is 0 Å². The fourth-order valence-corrected chi connectivity index (χ4v) is 2.60. The van der Waals surface area contributed by atoms with Gasteiger partial charge in [0.2, 0.25) is 0 Å². The first-order valence-electron chi connectivity index (χ1n) is 6.84. The van der Waals surface area contributed by atoms with Crippen molar-refractivity contribution in [2.75, 3.05) is 5.32 Å². The number of carbonyl (C=O) groups is 1. The van der Waals surface area contributed by atoms with Crippen LogP contribution in [-0.4, -0.2) is 16.1 Å². The Morgan fingerprint density at radius 2 is 1.95 bits per heavy atom. The molecule has 112 valence electrons. The van der Waals surface area contributed by atoms with E-state index in [1.165, 1.54) is 0 Å². The van der Waals surface area contributed by atoms with Gasteiger partial charge in [-0.05, 0) is 46.8 Å². The minimum atomic E-state index is -0.977. The molecule has 0 aromatic carbocycles. The predicted octanol–water partition coefficient (Wildman–Crippen LogP) is 3.78. The van der Waals surface area contributed by atoms with Crippen molar-refractivity contribution in [1.82, 2.24) is 4.98 Å². The number of nitrogens with one attached hydrogen (secondary N) is 1. The molecule has 2 N–H and O–H groups in total. The van der Waals surface area contributed by atoms with Gasteiger partial charge in [0.25, 0.3) is 0 Å². The summed E-state index contributed by atoms with van der Waals surface area (Å²) in [7, 11) is 0. The number of aryl methyl sites for hydroxylation is 4. The van der Waals surface area contributed by atoms with Gasteiger partial charge < -0.3 is 14.8 Å². The van der Waals surface area contributed by atoms with Crippen LogP contribution in [0.2, 0.25) is 0 Å². The molecule has 0 aliphatic carbocycles. The lowest BCUT2D eigenvalue weighted by Crippen LogP contribution is -2.13. The fourth-order valence-electron chi connectivity index (χ4n) is 2.60. The second-order valence-electron chi connectivity index (χ2n) is 5.31. The van der Waals surface area contributed by atoms with Gasteiger partial charge in [-0.3, -0.25) is 4.98 Å². The number of hydrogen-bond donors (Lipinski definition) is 2. The van der Waals surface area contributed by atoms with Gasteiger partial charge in [-0.1, -0.05) is 0 Å². The van der Waals surface area contributed by atoms with Crippen LogP contribution in [0, 0.1) is 27.7 Å². The Kier molecular flexibility index (Phi) is 4.02. The lowest BCUT2D eigenvalue weighted by molar-refractivity contribution is 0.0696. The van der Waals surface area contributed by atoms with E-state index in [2.05, 4.69) is 10.3 Å². The molecule has 0 fully saturated rings. The maximum Gasteiger partial charge on any atom is 0.339 e. The molecular formula is C16H20N2O3. The maximum atomic E-state index is 11.4. The normalized spacial score (nSPS) is 12.2. The van der Waals surface area contributed by atoms with Crippen LogP contribution in [0.4, 0.5) is 5.69 Å². The highest BCUT2D eigenvalue weighted by atomic mass is 16.4. The zero-order valence-corrected chi connectivity index (χ0v) is 12.9. The third-order valence-electron chi connectivity index (χ3n) is 3.46. The summed E-state index contributed by atoms with van der Waals surface area (Å²) >= 11 is 0. The van der Waals surface area contributed by atoms with Crippen molar-refractivity contribution >= 4 is 11.7 Å². The summed E-state index contributed by atoms with van der Waals surface area (Å²) in [4.78, 5) is 15.7. The Labute approximate surface area is 124 Å². The Balaban J connectivity index is 2.39. The van der Waals surface area contributed by atoms with Gasteiger partial charge in [0, 0.05) is 11.3 Å². The number of nitrogens with zero attached hydrogens (tertiary/aromatic N) is 1. The van der Waals surface area contributed by atoms with E-state index >= 15 is 0 Å². The standard InChI is InChI=1S/C16H20N2O3/c1-8-6-14(15(16(19)20)11(4)17-8)18-10(3)13-7-9(2)21-12(13)5/h6-7,10H,1-5H3,(H,17,18)(H,19,20). The molecule has 0 saturated carbocycles. The van der Waals surface area contributed by atoms with Crippen LogP contribution in [0.3, 0.4) is 0 Å². The molecule has 2 aromatic rings. The topological polar surface area (TPSA) is 75.4 Å². The third kappa shape index (κ3) is 3.07. The molecule has 1 unspecified atom stereocenters. The zero-order chi connectivity index (χ0) is 15.7. The highest BCUT2D eigenvalue weighted by molar-refractivity contribution is 5.95. The Morgan fingerprint density at radius 3 is 2.48 bits per heavy atom. The summed E-state index contributed by atoms with van der Waals surface area (Å²) in [5, 5.41) is 12.6. The van der Waals surface area contributed by atoms with Gasteiger partial charge in [-0.25, -0.2) is 4.79 Å². The van der Waals surface area contributed by atoms with E-state index in [-0.39, 0.29) is 11.6 Å². The number of pyridine rings is 1. The summed E-state index contributed by atoms with van der Waals surface area (Å²) in [6.45, 7) is 9.34. The summed E-state index contributed by atoms with van der Waals surface area (Å²) in [6.07, 6.45) is 0. The Morgan fingerprint density at radius 1 is 1.29 bits per heavy atom. The van der Waals surface area contributed by atoms with Crippen molar-refractivity contribution in [1.29, 1.82) is 0 Å². The van der Waals surface area contributed by atoms with Crippen molar-refractivity contribution in [3.63, 3.8) is 0 Å². The second kappa shape index (κ2) is 5.60. The Bertz CT molecular complexity index is 689. The van der Waals surface area contributed by atoms with Gasteiger partial charge in [-0.15, -0.1) is 0 Å². The molecule has 0 spiro atoms. The number of aromatic carboxylic acids is 1. The van der Waals surface area contributed by atoms with Gasteiger partial charge in [-0.2, -0.15) is 0 Å². The number of anilines is 1. The summed E-state index contributed by atoms with van der Waals surface area (Å²) in [5.41, 5.74) is 3.11. The van der Waals surface area contributed by atoms with E-state index in [0.717, 1.165) is 22.8 Å². The highest BCUT2D eigenvalue weighted by Crippen LogP contribution is 2.28. The quantitative estimate of drug-likeness (QED) is 0.895. The van der Waals surface area contributed by atoms with Crippen molar-refractivity contribution < 1.29 is 14.3 Å².